The third kappa shape index (κ3) is 3.37. The third-order valence-corrected chi connectivity index (χ3v) is 6.08. The van der Waals surface area contributed by atoms with Gasteiger partial charge in [0.05, 0.1) is 0 Å². The monoisotopic (exact) mass is 328 g/mol. The lowest BCUT2D eigenvalue weighted by atomic mass is 9.78. The number of rotatable bonds is 5. The van der Waals surface area contributed by atoms with Crippen LogP contribution in [-0.4, -0.2) is 23.4 Å². The topological polar surface area (TPSA) is 32.3 Å². The van der Waals surface area contributed by atoms with Gasteiger partial charge in [0.2, 0.25) is 0 Å². The molecule has 24 heavy (non-hydrogen) atoms. The van der Waals surface area contributed by atoms with Crippen LogP contribution in [0.5, 0.6) is 0 Å². The van der Waals surface area contributed by atoms with Gasteiger partial charge in [-0.15, -0.1) is 0 Å². The van der Waals surface area contributed by atoms with Crippen molar-refractivity contribution in [1.82, 2.24) is 10.2 Å². The Hall–Kier alpha value is -1.35. The van der Waals surface area contributed by atoms with Crippen LogP contribution in [0.3, 0.4) is 0 Å². The summed E-state index contributed by atoms with van der Waals surface area (Å²) in [5, 5.41) is 3.86. The maximum atomic E-state index is 12.9. The minimum atomic E-state index is 0.0465. The number of hydrogen-bond acceptors (Lipinski definition) is 2. The van der Waals surface area contributed by atoms with E-state index in [1.807, 2.05) is 12.1 Å². The smallest absolute Gasteiger partial charge is 0.255 e. The maximum absolute atomic E-state index is 12.9. The number of nitrogens with one attached hydrogen (secondary N) is 1. The minimum Gasteiger partial charge on any atom is -0.319 e. The summed E-state index contributed by atoms with van der Waals surface area (Å²) in [4.78, 5) is 15.0. The second-order valence-corrected chi connectivity index (χ2v) is 8.21. The van der Waals surface area contributed by atoms with Gasteiger partial charge in [-0.2, -0.15) is 0 Å². The number of amides is 1. The molecule has 1 saturated carbocycles. The van der Waals surface area contributed by atoms with Gasteiger partial charge < -0.3 is 4.90 Å². The zero-order valence-corrected chi connectivity index (χ0v) is 15.6. The molecule has 1 N–H and O–H groups in total. The number of nitrogens with zero attached hydrogens (tertiary/aromatic N) is 1. The summed E-state index contributed by atoms with van der Waals surface area (Å²) >= 11 is 0. The van der Waals surface area contributed by atoms with E-state index >= 15 is 0 Å². The van der Waals surface area contributed by atoms with Crippen LogP contribution in [-0.2, 0) is 0 Å². The molecule has 1 fully saturated rings. The number of benzene rings is 1. The summed E-state index contributed by atoms with van der Waals surface area (Å²) in [6, 6.07) is 8.63. The molecule has 1 heterocycles. The fourth-order valence-corrected chi connectivity index (χ4v) is 4.20. The van der Waals surface area contributed by atoms with Gasteiger partial charge in [0.1, 0.15) is 6.17 Å². The highest BCUT2D eigenvalue weighted by Crippen LogP contribution is 2.36. The molecule has 1 aliphatic heterocycles. The van der Waals surface area contributed by atoms with Gasteiger partial charge in [-0.1, -0.05) is 58.7 Å². The molecule has 3 heteroatoms. The summed E-state index contributed by atoms with van der Waals surface area (Å²) in [5.74, 6) is 2.22. The average Bonchev–Trinajstić information content (AvgIpc) is 2.82. The standard InChI is InChI=1S/C21H32N2O/c1-14(2)12-13-23-20(17-9-5-6-10-18(17)21(23)24)22-19-11-7-8-15(3)16(19)4/h5-6,9-10,14-16,19-20,22H,7-8,11-13H2,1-4H3/t15-,16-,19-,20-/m1/s1. The Balaban J connectivity index is 1.82. The average molecular weight is 329 g/mol. The predicted octanol–water partition coefficient (Wildman–Crippen LogP) is 4.60. The Bertz CT molecular complexity index is 583. The normalized spacial score (nSPS) is 30.0. The Morgan fingerprint density at radius 3 is 2.71 bits per heavy atom. The van der Waals surface area contributed by atoms with E-state index in [4.69, 9.17) is 0 Å². The van der Waals surface area contributed by atoms with Crippen LogP contribution in [0.25, 0.3) is 0 Å². The molecule has 3 rings (SSSR count). The van der Waals surface area contributed by atoms with Crippen molar-refractivity contribution in [3.8, 4) is 0 Å². The molecule has 132 valence electrons. The van der Waals surface area contributed by atoms with Gasteiger partial charge in [-0.25, -0.2) is 0 Å². The molecule has 1 aliphatic carbocycles. The first-order chi connectivity index (χ1) is 11.5. The molecule has 2 aliphatic rings. The largest absolute Gasteiger partial charge is 0.319 e. The van der Waals surface area contributed by atoms with Crippen LogP contribution in [0.15, 0.2) is 24.3 Å². The first kappa shape index (κ1) is 17.5. The Morgan fingerprint density at radius 1 is 1.21 bits per heavy atom. The van der Waals surface area contributed by atoms with Gasteiger partial charge in [0.15, 0.2) is 0 Å². The summed E-state index contributed by atoms with van der Waals surface area (Å²) in [6.45, 7) is 10.0. The summed E-state index contributed by atoms with van der Waals surface area (Å²) in [5.41, 5.74) is 2.05. The molecule has 0 aromatic heterocycles. The lowest BCUT2D eigenvalue weighted by Crippen LogP contribution is -2.47. The number of fused-ring (bicyclic) bond motifs is 1. The van der Waals surface area contributed by atoms with Crippen molar-refractivity contribution in [2.24, 2.45) is 17.8 Å². The van der Waals surface area contributed by atoms with Crippen molar-refractivity contribution in [2.45, 2.75) is 65.6 Å². The highest BCUT2D eigenvalue weighted by Gasteiger charge is 2.39. The van der Waals surface area contributed by atoms with Crippen molar-refractivity contribution in [3.05, 3.63) is 35.4 Å². The van der Waals surface area contributed by atoms with Crippen molar-refractivity contribution in [2.75, 3.05) is 6.54 Å². The Morgan fingerprint density at radius 2 is 1.96 bits per heavy atom. The molecular weight excluding hydrogens is 296 g/mol. The molecule has 1 aromatic rings. The van der Waals surface area contributed by atoms with Crippen molar-refractivity contribution in [1.29, 1.82) is 0 Å². The highest BCUT2D eigenvalue weighted by atomic mass is 16.2. The zero-order valence-electron chi connectivity index (χ0n) is 15.6. The van der Waals surface area contributed by atoms with E-state index in [2.05, 4.69) is 50.0 Å². The first-order valence-electron chi connectivity index (χ1n) is 9.65. The van der Waals surface area contributed by atoms with Crippen LogP contribution < -0.4 is 5.32 Å². The maximum Gasteiger partial charge on any atom is 0.255 e. The van der Waals surface area contributed by atoms with Gasteiger partial charge in [0.25, 0.3) is 5.91 Å². The van der Waals surface area contributed by atoms with Crippen LogP contribution in [0.1, 0.15) is 75.5 Å². The van der Waals surface area contributed by atoms with Crippen LogP contribution >= 0.6 is 0 Å². The van der Waals surface area contributed by atoms with Gasteiger partial charge in [-0.3, -0.25) is 10.1 Å². The number of carbonyl (C=O) groups excluding carboxylic acids is 1. The van der Waals surface area contributed by atoms with E-state index < -0.39 is 0 Å². The van der Waals surface area contributed by atoms with E-state index in [1.54, 1.807) is 0 Å². The van der Waals surface area contributed by atoms with Gasteiger partial charge in [-0.05, 0) is 36.7 Å². The fraction of sp³-hybridized carbons (Fsp3) is 0.667. The summed E-state index contributed by atoms with van der Waals surface area (Å²) < 4.78 is 0. The predicted molar refractivity (Wildman–Crippen MR) is 98.8 cm³/mol. The summed E-state index contributed by atoms with van der Waals surface area (Å²) in [6.07, 6.45) is 4.93. The second kappa shape index (κ2) is 7.26. The van der Waals surface area contributed by atoms with Crippen LogP contribution in [0.4, 0.5) is 0 Å². The van der Waals surface area contributed by atoms with E-state index in [-0.39, 0.29) is 12.1 Å². The van der Waals surface area contributed by atoms with Crippen molar-refractivity contribution < 1.29 is 4.79 Å². The lowest BCUT2D eigenvalue weighted by molar-refractivity contribution is 0.0632. The van der Waals surface area contributed by atoms with Crippen LogP contribution in [0, 0.1) is 17.8 Å². The van der Waals surface area contributed by atoms with Gasteiger partial charge in [0, 0.05) is 23.7 Å². The SMILES string of the molecule is CC(C)CCN1C(=O)c2ccccc2[C@@H]1N[C@@H]1CCC[C@@H](C)[C@H]1C. The zero-order chi connectivity index (χ0) is 17.3. The molecule has 3 nitrogen and oxygen atoms in total. The van der Waals surface area contributed by atoms with Crippen LogP contribution in [0.2, 0.25) is 0 Å². The number of carbonyl (C=O) groups is 1. The molecule has 4 atom stereocenters. The number of hydrogen-bond donors (Lipinski definition) is 1. The highest BCUT2D eigenvalue weighted by molar-refractivity contribution is 5.99. The molecule has 0 unspecified atom stereocenters. The van der Waals surface area contributed by atoms with E-state index in [1.165, 1.54) is 19.3 Å². The Labute approximate surface area is 146 Å². The molecule has 0 spiro atoms. The molecule has 1 aromatic carbocycles. The van der Waals surface area contributed by atoms with Crippen molar-refractivity contribution in [3.63, 3.8) is 0 Å². The fourth-order valence-electron chi connectivity index (χ4n) is 4.20. The first-order valence-corrected chi connectivity index (χ1v) is 9.65. The quantitative estimate of drug-likeness (QED) is 0.856. The molecular formula is C21H32N2O. The second-order valence-electron chi connectivity index (χ2n) is 8.21. The van der Waals surface area contributed by atoms with Crippen molar-refractivity contribution >= 4 is 5.91 Å². The minimum absolute atomic E-state index is 0.0465. The van der Waals surface area contributed by atoms with Gasteiger partial charge >= 0.3 is 0 Å². The van der Waals surface area contributed by atoms with E-state index in [0.29, 0.717) is 17.9 Å². The Kier molecular flexibility index (Phi) is 5.29. The lowest BCUT2D eigenvalue weighted by Gasteiger charge is -2.38. The molecule has 0 bridgehead atoms. The molecule has 0 radical (unpaired) electrons. The third-order valence-electron chi connectivity index (χ3n) is 6.08. The molecule has 1 amide bonds. The van der Waals surface area contributed by atoms with E-state index in [9.17, 15) is 4.79 Å². The van der Waals surface area contributed by atoms with E-state index in [0.717, 1.165) is 30.0 Å². The summed E-state index contributed by atoms with van der Waals surface area (Å²) in [7, 11) is 0. The molecule has 0 saturated heterocycles.